The largest absolute Gasteiger partial charge is 0.342 e. The van der Waals surface area contributed by atoms with E-state index in [9.17, 15) is 14.0 Å². The zero-order chi connectivity index (χ0) is 21.1. The summed E-state index contributed by atoms with van der Waals surface area (Å²) in [5.74, 6) is -0.458. The lowest BCUT2D eigenvalue weighted by molar-refractivity contribution is -0.222. The molecule has 0 bridgehead atoms. The number of carbonyl (C=O) groups excluding carboxylic acids is 2. The molecule has 0 N–H and O–H groups in total. The first-order chi connectivity index (χ1) is 14.5. The molecule has 0 radical (unpaired) electrons. The van der Waals surface area contributed by atoms with Crippen LogP contribution in [0.3, 0.4) is 0 Å². The molecule has 5 nitrogen and oxygen atoms in total. The van der Waals surface area contributed by atoms with Gasteiger partial charge in [0.25, 0.3) is 0 Å². The van der Waals surface area contributed by atoms with Gasteiger partial charge in [-0.15, -0.1) is 0 Å². The van der Waals surface area contributed by atoms with Gasteiger partial charge in [0.15, 0.2) is 0 Å². The van der Waals surface area contributed by atoms with E-state index in [1.165, 1.54) is 12.1 Å². The van der Waals surface area contributed by atoms with Crippen molar-refractivity contribution in [2.75, 3.05) is 13.1 Å². The molecule has 0 aliphatic carbocycles. The van der Waals surface area contributed by atoms with Gasteiger partial charge in [0.1, 0.15) is 12.4 Å². The second kappa shape index (κ2) is 8.74. The molecule has 2 amide bonds. The highest BCUT2D eigenvalue weighted by molar-refractivity contribution is 6.31. The number of benzene rings is 2. The lowest BCUT2D eigenvalue weighted by Crippen LogP contribution is -2.54. The molecule has 2 saturated heterocycles. The summed E-state index contributed by atoms with van der Waals surface area (Å²) in [5, 5.41) is 1.83. The molecule has 2 aliphatic heterocycles. The van der Waals surface area contributed by atoms with Crippen molar-refractivity contribution in [3.8, 4) is 0 Å². The minimum atomic E-state index is -0.419. The van der Waals surface area contributed by atoms with E-state index < -0.39 is 5.82 Å². The first kappa shape index (κ1) is 20.8. The quantitative estimate of drug-likeness (QED) is 0.716. The van der Waals surface area contributed by atoms with Crippen LogP contribution in [0.1, 0.15) is 36.8 Å². The van der Waals surface area contributed by atoms with E-state index in [0.29, 0.717) is 44.5 Å². The number of nitrogens with zero attached hydrogens (tertiary/aromatic N) is 2. The van der Waals surface area contributed by atoms with Crippen molar-refractivity contribution in [2.45, 2.75) is 44.2 Å². The Hall–Kier alpha value is -2.44. The maximum absolute atomic E-state index is 13.2. The molecule has 2 aromatic carbocycles. The minimum absolute atomic E-state index is 0.00352. The number of hydrogen-bond donors (Lipinski definition) is 0. The highest BCUT2D eigenvalue weighted by Gasteiger charge is 2.48. The molecule has 7 heteroatoms. The normalized spacial score (nSPS) is 18.3. The molecule has 0 aromatic heterocycles. The summed E-state index contributed by atoms with van der Waals surface area (Å²) in [6.45, 7) is 1.45. The van der Waals surface area contributed by atoms with Crippen molar-refractivity contribution in [2.24, 2.45) is 0 Å². The average molecular weight is 431 g/mol. The minimum Gasteiger partial charge on any atom is -0.342 e. The maximum atomic E-state index is 13.2. The first-order valence-electron chi connectivity index (χ1n) is 10.2. The fourth-order valence-corrected chi connectivity index (χ4v) is 4.53. The third-order valence-corrected chi connectivity index (χ3v) is 6.42. The smallest absolute Gasteiger partial charge is 0.246 e. The molecule has 158 valence electrons. The van der Waals surface area contributed by atoms with E-state index in [1.807, 2.05) is 30.3 Å². The molecular formula is C23H24ClFN2O3. The van der Waals surface area contributed by atoms with Gasteiger partial charge >= 0.3 is 0 Å². The predicted octanol–water partition coefficient (Wildman–Crippen LogP) is 4.14. The maximum Gasteiger partial charge on any atom is 0.246 e. The number of hydrogen-bond acceptors (Lipinski definition) is 3. The fraction of sp³-hybridized carbons (Fsp3) is 0.391. The number of hydroxylamine groups is 2. The zero-order valence-electron chi connectivity index (χ0n) is 16.7. The summed E-state index contributed by atoms with van der Waals surface area (Å²) >= 11 is 6.06. The molecule has 0 saturated carbocycles. The Bertz CT molecular complexity index is 929. The summed E-state index contributed by atoms with van der Waals surface area (Å²) in [5.41, 5.74) is 1.28. The van der Waals surface area contributed by atoms with E-state index in [1.54, 1.807) is 16.0 Å². The molecule has 2 aliphatic rings. The highest BCUT2D eigenvalue weighted by Crippen LogP contribution is 2.39. The highest BCUT2D eigenvalue weighted by atomic mass is 35.5. The Balaban J connectivity index is 1.37. The Kier molecular flexibility index (Phi) is 6.06. The first-order valence-corrected chi connectivity index (χ1v) is 10.6. The topological polar surface area (TPSA) is 49.9 Å². The van der Waals surface area contributed by atoms with Gasteiger partial charge in [0.2, 0.25) is 11.8 Å². The molecule has 1 spiro atoms. The van der Waals surface area contributed by atoms with Crippen LogP contribution in [0, 0.1) is 5.82 Å². The molecule has 0 atom stereocenters. The Morgan fingerprint density at radius 1 is 1.10 bits per heavy atom. The summed E-state index contributed by atoms with van der Waals surface area (Å²) in [4.78, 5) is 32.9. The summed E-state index contributed by atoms with van der Waals surface area (Å²) in [6.07, 6.45) is 2.70. The van der Waals surface area contributed by atoms with E-state index in [4.69, 9.17) is 16.4 Å². The second-order valence-electron chi connectivity index (χ2n) is 7.96. The van der Waals surface area contributed by atoms with Crippen LogP contribution in [0.5, 0.6) is 0 Å². The van der Waals surface area contributed by atoms with Gasteiger partial charge in [-0.05, 0) is 42.5 Å². The Labute approximate surface area is 180 Å². The fourth-order valence-electron chi connectivity index (χ4n) is 4.29. The molecule has 30 heavy (non-hydrogen) atoms. The number of halogens is 2. The average Bonchev–Trinajstić information content (AvgIpc) is 3.04. The van der Waals surface area contributed by atoms with Gasteiger partial charge in [0, 0.05) is 24.5 Å². The van der Waals surface area contributed by atoms with Gasteiger partial charge in [-0.1, -0.05) is 48.0 Å². The second-order valence-corrected chi connectivity index (χ2v) is 8.37. The van der Waals surface area contributed by atoms with Crippen LogP contribution >= 0.6 is 11.6 Å². The van der Waals surface area contributed by atoms with Crippen molar-refractivity contribution < 1.29 is 18.8 Å². The van der Waals surface area contributed by atoms with Crippen LogP contribution in [0.15, 0.2) is 48.5 Å². The molecule has 2 heterocycles. The zero-order valence-corrected chi connectivity index (χ0v) is 17.4. The number of carbonyl (C=O) groups is 2. The summed E-state index contributed by atoms with van der Waals surface area (Å²) in [6, 6.07) is 13.8. The van der Waals surface area contributed by atoms with E-state index in [0.717, 1.165) is 12.0 Å². The molecular weight excluding hydrogens is 407 g/mol. The molecule has 0 unspecified atom stereocenters. The van der Waals surface area contributed by atoms with E-state index >= 15 is 0 Å². The van der Waals surface area contributed by atoms with Gasteiger partial charge < -0.3 is 4.90 Å². The van der Waals surface area contributed by atoms with Crippen molar-refractivity contribution in [3.05, 3.63) is 70.5 Å². The van der Waals surface area contributed by atoms with Crippen LogP contribution in [0.25, 0.3) is 0 Å². The van der Waals surface area contributed by atoms with Crippen LogP contribution in [-0.2, 0) is 27.5 Å². The lowest BCUT2D eigenvalue weighted by atomic mass is 9.86. The van der Waals surface area contributed by atoms with E-state index in [-0.39, 0.29) is 28.8 Å². The van der Waals surface area contributed by atoms with Gasteiger partial charge in [-0.3, -0.25) is 14.4 Å². The van der Waals surface area contributed by atoms with Crippen molar-refractivity contribution in [1.82, 2.24) is 9.96 Å². The third kappa shape index (κ3) is 4.35. The Morgan fingerprint density at radius 2 is 1.83 bits per heavy atom. The van der Waals surface area contributed by atoms with Crippen molar-refractivity contribution in [1.29, 1.82) is 0 Å². The van der Waals surface area contributed by atoms with Gasteiger partial charge in [0.05, 0.1) is 12.0 Å². The van der Waals surface area contributed by atoms with Crippen LogP contribution in [0.4, 0.5) is 4.39 Å². The molecule has 2 aromatic rings. The number of rotatable bonds is 5. The van der Waals surface area contributed by atoms with E-state index in [2.05, 4.69) is 0 Å². The number of likely N-dealkylation sites (tertiary alicyclic amines) is 1. The van der Waals surface area contributed by atoms with Crippen molar-refractivity contribution in [3.63, 3.8) is 0 Å². The summed E-state index contributed by atoms with van der Waals surface area (Å²) < 4.78 is 13.2. The SMILES string of the molecule is O=C(Cc1ccc(F)cc1Cl)N1CCC2(CCC(=O)N2OCc2ccccc2)CC1. The monoisotopic (exact) mass is 430 g/mol. The predicted molar refractivity (Wildman–Crippen MR) is 111 cm³/mol. The third-order valence-electron chi connectivity index (χ3n) is 6.07. The van der Waals surface area contributed by atoms with Gasteiger partial charge in [-0.25, -0.2) is 9.45 Å². The van der Waals surface area contributed by atoms with Gasteiger partial charge in [-0.2, -0.15) is 0 Å². The van der Waals surface area contributed by atoms with Crippen LogP contribution < -0.4 is 0 Å². The number of piperidine rings is 1. The molecule has 2 fully saturated rings. The standard InChI is InChI=1S/C23H24ClFN2O3/c24-20-15-19(25)7-6-18(20)14-22(29)26-12-10-23(11-13-26)9-8-21(28)27(23)30-16-17-4-2-1-3-5-17/h1-7,15H,8-14,16H2. The lowest BCUT2D eigenvalue weighted by Gasteiger charge is -2.43. The summed E-state index contributed by atoms with van der Waals surface area (Å²) in [7, 11) is 0. The number of amides is 2. The molecule has 4 rings (SSSR count). The van der Waals surface area contributed by atoms with Crippen LogP contribution in [-0.4, -0.2) is 40.4 Å². The Morgan fingerprint density at radius 3 is 2.53 bits per heavy atom. The van der Waals surface area contributed by atoms with Crippen molar-refractivity contribution >= 4 is 23.4 Å². The van der Waals surface area contributed by atoms with Crippen LogP contribution in [0.2, 0.25) is 5.02 Å².